The van der Waals surface area contributed by atoms with Crippen LogP contribution in [0, 0.1) is 0 Å². The zero-order valence-electron chi connectivity index (χ0n) is 11.6. The zero-order chi connectivity index (χ0) is 14.6. The highest BCUT2D eigenvalue weighted by Gasteiger charge is 2.27. The van der Waals surface area contributed by atoms with E-state index in [1.54, 1.807) is 37.5 Å². The summed E-state index contributed by atoms with van der Waals surface area (Å²) in [4.78, 5) is 16.2. The van der Waals surface area contributed by atoms with Crippen molar-refractivity contribution in [1.82, 2.24) is 10.3 Å². The fourth-order valence-corrected chi connectivity index (χ4v) is 1.95. The molecule has 2 N–H and O–H groups in total. The van der Waals surface area contributed by atoms with Gasteiger partial charge in [-0.3, -0.25) is 9.78 Å². The number of nitrogens with one attached hydrogen (secondary N) is 1. The second-order valence-corrected chi connectivity index (χ2v) is 4.82. The van der Waals surface area contributed by atoms with Crippen LogP contribution in [0.2, 0.25) is 0 Å². The zero-order valence-corrected chi connectivity index (χ0v) is 11.6. The summed E-state index contributed by atoms with van der Waals surface area (Å²) in [5.74, 6) is 0.194. The van der Waals surface area contributed by atoms with E-state index in [1.807, 2.05) is 6.92 Å². The van der Waals surface area contributed by atoms with Gasteiger partial charge in [0.05, 0.1) is 12.8 Å². The van der Waals surface area contributed by atoms with Gasteiger partial charge in [-0.25, -0.2) is 0 Å². The van der Waals surface area contributed by atoms with Crippen LogP contribution in [0.5, 0.6) is 0 Å². The molecular weight excluding hydrogens is 256 g/mol. The number of amides is 1. The van der Waals surface area contributed by atoms with Gasteiger partial charge < -0.3 is 14.8 Å². The largest absolute Gasteiger partial charge is 0.466 e. The summed E-state index contributed by atoms with van der Waals surface area (Å²) in [6.07, 6.45) is 5.48. The average molecular weight is 274 g/mol. The molecule has 0 fully saturated rings. The second-order valence-electron chi connectivity index (χ2n) is 4.82. The van der Waals surface area contributed by atoms with Crippen LogP contribution in [0.4, 0.5) is 0 Å². The Bertz CT molecular complexity index is 577. The molecule has 106 valence electrons. The third-order valence-corrected chi connectivity index (χ3v) is 3.17. The van der Waals surface area contributed by atoms with E-state index in [9.17, 15) is 9.90 Å². The number of aliphatic hydroxyl groups is 1. The maximum atomic E-state index is 12.2. The van der Waals surface area contributed by atoms with Crippen LogP contribution in [-0.4, -0.2) is 22.5 Å². The van der Waals surface area contributed by atoms with Crippen molar-refractivity contribution in [2.75, 3.05) is 6.54 Å². The number of aromatic nitrogens is 1. The lowest BCUT2D eigenvalue weighted by Gasteiger charge is -2.21. The third kappa shape index (κ3) is 3.05. The summed E-state index contributed by atoms with van der Waals surface area (Å²) in [6, 6.07) is 5.05. The predicted molar refractivity (Wildman–Crippen MR) is 74.2 cm³/mol. The standard InChI is InChI=1S/C15H18N2O3/c1-3-11-9-16-7-6-12(11)14(18)17-10-15(2,19)13-5-4-8-20-13/h4-9,19H,3,10H2,1-2H3,(H,17,18). The molecule has 1 unspecified atom stereocenters. The Morgan fingerprint density at radius 1 is 1.50 bits per heavy atom. The van der Waals surface area contributed by atoms with Crippen LogP contribution in [-0.2, 0) is 12.0 Å². The monoisotopic (exact) mass is 274 g/mol. The lowest BCUT2D eigenvalue weighted by molar-refractivity contribution is 0.0330. The van der Waals surface area contributed by atoms with Crippen LogP contribution in [0.1, 0.15) is 35.5 Å². The molecule has 0 saturated heterocycles. The van der Waals surface area contributed by atoms with E-state index in [0.29, 0.717) is 11.3 Å². The summed E-state index contributed by atoms with van der Waals surface area (Å²) in [5.41, 5.74) is 0.221. The van der Waals surface area contributed by atoms with Crippen molar-refractivity contribution in [3.63, 3.8) is 0 Å². The first-order chi connectivity index (χ1) is 9.54. The second kappa shape index (κ2) is 5.88. The van der Waals surface area contributed by atoms with Crippen LogP contribution in [0.15, 0.2) is 41.3 Å². The Hall–Kier alpha value is -2.14. The fraction of sp³-hybridized carbons (Fsp3) is 0.333. The Labute approximate surface area is 117 Å². The number of nitrogens with zero attached hydrogens (tertiary/aromatic N) is 1. The van der Waals surface area contributed by atoms with Gasteiger partial charge in [-0.05, 0) is 37.1 Å². The molecule has 0 aliphatic rings. The lowest BCUT2D eigenvalue weighted by Crippen LogP contribution is -2.38. The van der Waals surface area contributed by atoms with Crippen molar-refractivity contribution >= 4 is 5.91 Å². The number of hydrogen-bond acceptors (Lipinski definition) is 4. The molecule has 2 heterocycles. The van der Waals surface area contributed by atoms with Crippen molar-refractivity contribution in [2.24, 2.45) is 0 Å². The topological polar surface area (TPSA) is 75.4 Å². The summed E-state index contributed by atoms with van der Waals surface area (Å²) in [7, 11) is 0. The molecule has 2 aromatic heterocycles. The van der Waals surface area contributed by atoms with Gasteiger partial charge in [0.25, 0.3) is 5.91 Å². The summed E-state index contributed by atoms with van der Waals surface area (Å²) in [6.45, 7) is 3.64. The van der Waals surface area contributed by atoms with E-state index < -0.39 is 5.60 Å². The van der Waals surface area contributed by atoms with E-state index in [1.165, 1.54) is 6.26 Å². The van der Waals surface area contributed by atoms with Gasteiger partial charge in [0, 0.05) is 18.0 Å². The molecule has 1 atom stereocenters. The van der Waals surface area contributed by atoms with Crippen molar-refractivity contribution in [1.29, 1.82) is 0 Å². The quantitative estimate of drug-likeness (QED) is 0.872. The Balaban J connectivity index is 2.06. The van der Waals surface area contributed by atoms with Gasteiger partial charge in [0.2, 0.25) is 0 Å². The van der Waals surface area contributed by atoms with E-state index >= 15 is 0 Å². The van der Waals surface area contributed by atoms with Gasteiger partial charge in [0.15, 0.2) is 0 Å². The van der Waals surface area contributed by atoms with Crippen molar-refractivity contribution in [2.45, 2.75) is 25.9 Å². The molecule has 20 heavy (non-hydrogen) atoms. The third-order valence-electron chi connectivity index (χ3n) is 3.17. The first-order valence-corrected chi connectivity index (χ1v) is 6.52. The molecule has 0 spiro atoms. The van der Waals surface area contributed by atoms with Gasteiger partial charge in [-0.1, -0.05) is 6.92 Å². The number of aryl methyl sites for hydroxylation is 1. The first kappa shape index (κ1) is 14.3. The molecule has 0 bridgehead atoms. The fourth-order valence-electron chi connectivity index (χ4n) is 1.95. The normalized spacial score (nSPS) is 13.8. The summed E-state index contributed by atoms with van der Waals surface area (Å²) in [5, 5.41) is 13.0. The molecule has 0 aliphatic heterocycles. The summed E-state index contributed by atoms with van der Waals surface area (Å²) < 4.78 is 5.17. The number of furan rings is 1. The van der Waals surface area contributed by atoms with Gasteiger partial charge in [-0.2, -0.15) is 0 Å². The van der Waals surface area contributed by atoms with Crippen LogP contribution < -0.4 is 5.32 Å². The molecule has 5 heteroatoms. The van der Waals surface area contributed by atoms with Crippen LogP contribution in [0.25, 0.3) is 0 Å². The minimum Gasteiger partial charge on any atom is -0.466 e. The molecule has 1 amide bonds. The Morgan fingerprint density at radius 2 is 2.30 bits per heavy atom. The Morgan fingerprint density at radius 3 is 2.95 bits per heavy atom. The molecule has 2 rings (SSSR count). The molecule has 0 aromatic carbocycles. The maximum absolute atomic E-state index is 12.2. The summed E-state index contributed by atoms with van der Waals surface area (Å²) >= 11 is 0. The molecule has 0 saturated carbocycles. The Kier molecular flexibility index (Phi) is 4.20. The number of hydrogen-bond donors (Lipinski definition) is 2. The molecule has 0 radical (unpaired) electrons. The highest BCUT2D eigenvalue weighted by atomic mass is 16.4. The SMILES string of the molecule is CCc1cnccc1C(=O)NCC(C)(O)c1ccco1. The van der Waals surface area contributed by atoms with Crippen LogP contribution >= 0.6 is 0 Å². The van der Waals surface area contributed by atoms with E-state index in [2.05, 4.69) is 10.3 Å². The average Bonchev–Trinajstić information content (AvgIpc) is 3.00. The minimum absolute atomic E-state index is 0.0742. The molecule has 0 aliphatic carbocycles. The molecule has 2 aromatic rings. The first-order valence-electron chi connectivity index (χ1n) is 6.52. The highest BCUT2D eigenvalue weighted by molar-refractivity contribution is 5.95. The maximum Gasteiger partial charge on any atom is 0.251 e. The van der Waals surface area contributed by atoms with Gasteiger partial charge in [-0.15, -0.1) is 0 Å². The van der Waals surface area contributed by atoms with Crippen LogP contribution in [0.3, 0.4) is 0 Å². The highest BCUT2D eigenvalue weighted by Crippen LogP contribution is 2.20. The van der Waals surface area contributed by atoms with E-state index in [4.69, 9.17) is 4.42 Å². The molecule has 5 nitrogen and oxygen atoms in total. The lowest BCUT2D eigenvalue weighted by atomic mass is 10.0. The number of carbonyl (C=O) groups is 1. The predicted octanol–water partition coefficient (Wildman–Crippen LogP) is 1.87. The van der Waals surface area contributed by atoms with Crippen molar-refractivity contribution in [3.8, 4) is 0 Å². The van der Waals surface area contributed by atoms with E-state index in [-0.39, 0.29) is 12.5 Å². The minimum atomic E-state index is -1.24. The van der Waals surface area contributed by atoms with Gasteiger partial charge >= 0.3 is 0 Å². The smallest absolute Gasteiger partial charge is 0.251 e. The van der Waals surface area contributed by atoms with Crippen molar-refractivity contribution < 1.29 is 14.3 Å². The van der Waals surface area contributed by atoms with Gasteiger partial charge in [0.1, 0.15) is 11.4 Å². The van der Waals surface area contributed by atoms with E-state index in [0.717, 1.165) is 12.0 Å². The number of rotatable bonds is 5. The number of pyridine rings is 1. The van der Waals surface area contributed by atoms with Crippen molar-refractivity contribution in [3.05, 3.63) is 53.7 Å². The molecular formula is C15H18N2O3. The number of carbonyl (C=O) groups excluding carboxylic acids is 1.